The molecule has 39 heavy (non-hydrogen) atoms. The molecule has 4 rings (SSSR count). The molecular formula is C27H32F2N8O2. The minimum Gasteiger partial charge on any atom is -0.454 e. The molecule has 0 aliphatic rings. The number of pyridine rings is 1. The molecule has 0 bridgehead atoms. The van der Waals surface area contributed by atoms with Gasteiger partial charge in [0.2, 0.25) is 5.82 Å². The Kier molecular flexibility index (Phi) is 7.95. The molecule has 4 aromatic rings. The van der Waals surface area contributed by atoms with Gasteiger partial charge in [0, 0.05) is 49.1 Å². The van der Waals surface area contributed by atoms with Gasteiger partial charge in [-0.2, -0.15) is 14.6 Å². The lowest BCUT2D eigenvalue weighted by Gasteiger charge is -2.13. The molecule has 10 nitrogen and oxygen atoms in total. The maximum atomic E-state index is 14.9. The zero-order valence-electron chi connectivity index (χ0n) is 22.8. The van der Waals surface area contributed by atoms with E-state index in [0.29, 0.717) is 18.1 Å². The maximum absolute atomic E-state index is 14.9. The predicted molar refractivity (Wildman–Crippen MR) is 145 cm³/mol. The monoisotopic (exact) mass is 538 g/mol. The molecule has 2 amide bonds. The Labute approximate surface area is 225 Å². The fourth-order valence-corrected chi connectivity index (χ4v) is 3.61. The molecule has 0 saturated heterocycles. The van der Waals surface area contributed by atoms with E-state index >= 15 is 0 Å². The van der Waals surface area contributed by atoms with Gasteiger partial charge in [0.25, 0.3) is 0 Å². The second kappa shape index (κ2) is 11.2. The van der Waals surface area contributed by atoms with Crippen LogP contribution in [-0.4, -0.2) is 56.1 Å². The highest BCUT2D eigenvalue weighted by Gasteiger charge is 2.21. The van der Waals surface area contributed by atoms with E-state index in [2.05, 4.69) is 30.7 Å². The van der Waals surface area contributed by atoms with Crippen molar-refractivity contribution < 1.29 is 18.3 Å². The summed E-state index contributed by atoms with van der Waals surface area (Å²) in [5.41, 5.74) is 1.55. The number of hydrogen-bond donors (Lipinski definition) is 2. The van der Waals surface area contributed by atoms with Crippen molar-refractivity contribution in [2.75, 3.05) is 31.3 Å². The van der Waals surface area contributed by atoms with E-state index in [1.54, 1.807) is 30.1 Å². The molecule has 0 atom stereocenters. The van der Waals surface area contributed by atoms with Crippen LogP contribution >= 0.6 is 0 Å². The lowest BCUT2D eigenvalue weighted by molar-refractivity contribution is 0.262. The summed E-state index contributed by atoms with van der Waals surface area (Å²) in [4.78, 5) is 18.9. The first-order valence-corrected chi connectivity index (χ1v) is 12.3. The number of rotatable bonds is 8. The summed E-state index contributed by atoms with van der Waals surface area (Å²) in [6.07, 6.45) is 5.06. The average Bonchev–Trinajstić information content (AvgIpc) is 3.49. The van der Waals surface area contributed by atoms with Crippen molar-refractivity contribution >= 4 is 17.5 Å². The van der Waals surface area contributed by atoms with Crippen LogP contribution in [0.5, 0.6) is 11.5 Å². The third kappa shape index (κ3) is 6.77. The first-order valence-electron chi connectivity index (χ1n) is 12.3. The number of benzene rings is 1. The molecule has 0 radical (unpaired) electrons. The Bertz CT molecular complexity index is 1470. The Morgan fingerprint density at radius 1 is 1.10 bits per heavy atom. The van der Waals surface area contributed by atoms with Crippen LogP contribution in [0, 0.1) is 11.6 Å². The fraction of sp³-hybridized carbons (Fsp3) is 0.333. The van der Waals surface area contributed by atoms with Crippen molar-refractivity contribution in [1.29, 1.82) is 0 Å². The molecule has 0 spiro atoms. The van der Waals surface area contributed by atoms with Crippen LogP contribution in [0.25, 0.3) is 11.3 Å². The lowest BCUT2D eigenvalue weighted by atomic mass is 9.92. The minimum atomic E-state index is -1.25. The van der Waals surface area contributed by atoms with E-state index in [1.807, 2.05) is 41.1 Å². The van der Waals surface area contributed by atoms with Crippen molar-refractivity contribution in [2.24, 2.45) is 7.05 Å². The number of carbonyl (C=O) groups excluding carboxylic acids is 1. The number of aryl methyl sites for hydroxylation is 1. The molecule has 3 aromatic heterocycles. The lowest BCUT2D eigenvalue weighted by Crippen LogP contribution is -2.22. The first-order chi connectivity index (χ1) is 18.4. The van der Waals surface area contributed by atoms with E-state index in [-0.39, 0.29) is 22.6 Å². The quantitative estimate of drug-likeness (QED) is 0.318. The van der Waals surface area contributed by atoms with Crippen LogP contribution in [-0.2, 0) is 19.0 Å². The number of hydrogen-bond acceptors (Lipinski definition) is 6. The Morgan fingerprint density at radius 3 is 2.56 bits per heavy atom. The Morgan fingerprint density at radius 2 is 1.87 bits per heavy atom. The predicted octanol–water partition coefficient (Wildman–Crippen LogP) is 5.25. The normalized spacial score (nSPS) is 11.6. The summed E-state index contributed by atoms with van der Waals surface area (Å²) < 4.78 is 38.6. The average molecular weight is 539 g/mol. The number of carbonyl (C=O) groups is 1. The van der Waals surface area contributed by atoms with Crippen LogP contribution < -0.4 is 15.4 Å². The molecule has 1 aromatic carbocycles. The van der Waals surface area contributed by atoms with E-state index in [0.717, 1.165) is 17.8 Å². The molecular weight excluding hydrogens is 506 g/mol. The minimum absolute atomic E-state index is 0.220. The smallest absolute Gasteiger partial charge is 0.324 e. The van der Waals surface area contributed by atoms with Crippen molar-refractivity contribution in [3.63, 3.8) is 0 Å². The van der Waals surface area contributed by atoms with Crippen molar-refractivity contribution in [1.82, 2.24) is 29.4 Å². The summed E-state index contributed by atoms with van der Waals surface area (Å²) in [5.74, 6) is -2.14. The molecule has 0 aliphatic heterocycles. The number of nitrogens with zero attached hydrogens (tertiary/aromatic N) is 6. The molecule has 206 valence electrons. The molecule has 3 heterocycles. The summed E-state index contributed by atoms with van der Waals surface area (Å²) in [5, 5.41) is 13.6. The molecule has 12 heteroatoms. The number of aromatic nitrogens is 5. The van der Waals surface area contributed by atoms with Crippen LogP contribution in [0.15, 0.2) is 48.9 Å². The topological polar surface area (TPSA) is 102 Å². The van der Waals surface area contributed by atoms with E-state index in [4.69, 9.17) is 4.74 Å². The fourth-order valence-electron chi connectivity index (χ4n) is 3.61. The third-order valence-electron chi connectivity index (χ3n) is 5.85. The van der Waals surface area contributed by atoms with Gasteiger partial charge < -0.3 is 15.0 Å². The molecule has 0 fully saturated rings. The van der Waals surface area contributed by atoms with Gasteiger partial charge in [-0.1, -0.05) is 20.8 Å². The third-order valence-corrected chi connectivity index (χ3v) is 5.85. The number of ether oxygens (including phenoxy) is 1. The van der Waals surface area contributed by atoms with Gasteiger partial charge in [-0.15, -0.1) is 0 Å². The van der Waals surface area contributed by atoms with Crippen molar-refractivity contribution in [2.45, 2.75) is 32.7 Å². The molecule has 2 N–H and O–H groups in total. The summed E-state index contributed by atoms with van der Waals surface area (Å²) in [7, 11) is 5.65. The largest absolute Gasteiger partial charge is 0.454 e. The number of amides is 2. The SMILES string of the molecule is CN(C)CCn1cc(-c2cc(Oc3ccc(NC(=O)Nc4cc(C(C)(C)C)nn4C)c(F)c3F)ccn2)cn1. The van der Waals surface area contributed by atoms with Gasteiger partial charge in [-0.25, -0.2) is 9.18 Å². The van der Waals surface area contributed by atoms with Gasteiger partial charge in [0.1, 0.15) is 11.6 Å². The highest BCUT2D eigenvalue weighted by Crippen LogP contribution is 2.31. The number of likely N-dealkylation sites (N-methyl/N-ethyl adjacent to an activating group) is 1. The van der Waals surface area contributed by atoms with Crippen molar-refractivity contribution in [3.8, 4) is 22.8 Å². The number of nitrogens with one attached hydrogen (secondary N) is 2. The Balaban J connectivity index is 1.44. The van der Waals surface area contributed by atoms with E-state index in [1.165, 1.54) is 29.1 Å². The van der Waals surface area contributed by atoms with Crippen LogP contribution in [0.2, 0.25) is 0 Å². The number of anilines is 2. The van der Waals surface area contributed by atoms with Crippen LogP contribution in [0.4, 0.5) is 25.1 Å². The zero-order valence-corrected chi connectivity index (χ0v) is 22.8. The zero-order chi connectivity index (χ0) is 28.3. The summed E-state index contributed by atoms with van der Waals surface area (Å²) in [6.45, 7) is 7.53. The van der Waals surface area contributed by atoms with Crippen LogP contribution in [0.1, 0.15) is 26.5 Å². The van der Waals surface area contributed by atoms with Crippen LogP contribution in [0.3, 0.4) is 0 Å². The maximum Gasteiger partial charge on any atom is 0.324 e. The summed E-state index contributed by atoms with van der Waals surface area (Å²) in [6, 6.07) is 6.62. The molecule has 0 aliphatic carbocycles. The van der Waals surface area contributed by atoms with E-state index < -0.39 is 17.7 Å². The Hall–Kier alpha value is -4.32. The number of urea groups is 1. The second-order valence-corrected chi connectivity index (χ2v) is 10.4. The van der Waals surface area contributed by atoms with Gasteiger partial charge in [0.15, 0.2) is 11.6 Å². The number of halogens is 2. The van der Waals surface area contributed by atoms with Crippen molar-refractivity contribution in [3.05, 3.63) is 66.3 Å². The van der Waals surface area contributed by atoms with Gasteiger partial charge in [-0.05, 0) is 32.3 Å². The first kappa shape index (κ1) is 27.7. The van der Waals surface area contributed by atoms with Gasteiger partial charge in [0.05, 0.1) is 29.8 Å². The highest BCUT2D eigenvalue weighted by atomic mass is 19.2. The van der Waals surface area contributed by atoms with Gasteiger partial charge >= 0.3 is 6.03 Å². The molecule has 0 unspecified atom stereocenters. The standard InChI is InChI=1S/C27H32F2N8O2/c1-27(2,3)22-14-23(36(6)34-22)33-26(38)32-19-7-8-21(25(29)24(19)28)39-18-9-10-30-20(13-18)17-15-31-37(16-17)12-11-35(4)5/h7-10,13-16H,11-12H2,1-6H3,(H2,32,33,38). The van der Waals surface area contributed by atoms with Gasteiger partial charge in [-0.3, -0.25) is 19.7 Å². The molecule has 0 saturated carbocycles. The highest BCUT2D eigenvalue weighted by molar-refractivity contribution is 5.99. The second-order valence-electron chi connectivity index (χ2n) is 10.4. The van der Waals surface area contributed by atoms with E-state index in [9.17, 15) is 13.6 Å². The summed E-state index contributed by atoms with van der Waals surface area (Å²) >= 11 is 0.